The number of carboxylic acid groups (broad SMARTS) is 1. The van der Waals surface area contributed by atoms with Gasteiger partial charge >= 0.3 is 5.97 Å². The van der Waals surface area contributed by atoms with Crippen LogP contribution in [0.4, 0.5) is 5.69 Å². The average Bonchev–Trinajstić information content (AvgIpc) is 2.86. The number of thioether (sulfide) groups is 1. The number of β-lactam (4-membered cyclic amide) rings is 1. The van der Waals surface area contributed by atoms with Crippen molar-refractivity contribution in [2.24, 2.45) is 10.8 Å². The van der Waals surface area contributed by atoms with Crippen LogP contribution in [0.2, 0.25) is 0 Å². The second-order valence-corrected chi connectivity index (χ2v) is 9.03. The first-order valence-electron chi connectivity index (χ1n) is 10.5. The molecule has 0 aromatic heterocycles. The topological polar surface area (TPSA) is 170 Å². The molecule has 0 unspecified atom stereocenters. The number of benzene rings is 2. The summed E-state index contributed by atoms with van der Waals surface area (Å²) in [7, 11) is 0. The average molecular weight is 493 g/mol. The highest BCUT2D eigenvalue weighted by Crippen LogP contribution is 2.43. The molecule has 4 rings (SSSR count). The number of carboxylic acids is 1. The molecule has 3 amide bonds. The minimum absolute atomic E-state index is 0.0766. The molecule has 178 valence electrons. The van der Waals surface area contributed by atoms with Gasteiger partial charge in [0.2, 0.25) is 0 Å². The van der Waals surface area contributed by atoms with Crippen molar-refractivity contribution in [2.75, 3.05) is 5.75 Å². The number of carbonyl (C=O) groups excluding carboxylic acids is 3. The molecule has 2 heterocycles. The Morgan fingerprint density at radius 1 is 1.20 bits per heavy atom. The largest absolute Gasteiger partial charge is 0.477 e. The van der Waals surface area contributed by atoms with Gasteiger partial charge in [-0.05, 0) is 35.7 Å². The highest BCUT2D eigenvalue weighted by atomic mass is 32.2. The zero-order valence-electron chi connectivity index (χ0n) is 18.4. The van der Waals surface area contributed by atoms with E-state index in [2.05, 4.69) is 10.0 Å². The molecule has 2 aromatic carbocycles. The predicted molar refractivity (Wildman–Crippen MR) is 127 cm³/mol. The Labute approximate surface area is 203 Å². The third-order valence-corrected chi connectivity index (χ3v) is 7.18. The van der Waals surface area contributed by atoms with Gasteiger partial charge in [-0.15, -0.1) is 11.8 Å². The summed E-state index contributed by atoms with van der Waals surface area (Å²) in [4.78, 5) is 56.8. The van der Waals surface area contributed by atoms with E-state index in [1.165, 1.54) is 36.0 Å². The van der Waals surface area contributed by atoms with E-state index in [0.29, 0.717) is 16.9 Å². The first-order chi connectivity index (χ1) is 16.8. The summed E-state index contributed by atoms with van der Waals surface area (Å²) in [5.74, 6) is -3.16. The maximum atomic E-state index is 13.6. The van der Waals surface area contributed by atoms with Crippen LogP contribution in [-0.2, 0) is 14.4 Å². The van der Waals surface area contributed by atoms with E-state index in [-0.39, 0.29) is 16.9 Å². The molecule has 12 heteroatoms. The van der Waals surface area contributed by atoms with Gasteiger partial charge in [0.15, 0.2) is 0 Å². The van der Waals surface area contributed by atoms with Crippen molar-refractivity contribution >= 4 is 41.1 Å². The first kappa shape index (κ1) is 24.0. The standard InChI is InChI=1S/C23H20N6O5S/c1-12-11-35-22-18(21(32)29(22)17(12)23(33)34)28(20(31)16(24)13-5-3-2-4-6-13)19(30)14-7-9-15(10-8-14)26-27-25/h2-10,16,18,22H,11,24H2,1H3,(H,33,34)/t16-,18-,22-/m1/s1. The number of rotatable bonds is 6. The second-order valence-electron chi connectivity index (χ2n) is 7.93. The van der Waals surface area contributed by atoms with E-state index < -0.39 is 41.1 Å². The Balaban J connectivity index is 1.73. The van der Waals surface area contributed by atoms with Crippen molar-refractivity contribution in [3.63, 3.8) is 0 Å². The second kappa shape index (κ2) is 9.63. The van der Waals surface area contributed by atoms with Crippen LogP contribution in [0.1, 0.15) is 28.9 Å². The number of azide groups is 1. The van der Waals surface area contributed by atoms with Crippen LogP contribution in [0.25, 0.3) is 10.4 Å². The van der Waals surface area contributed by atoms with Crippen LogP contribution in [0.5, 0.6) is 0 Å². The van der Waals surface area contributed by atoms with Gasteiger partial charge in [0.1, 0.15) is 23.2 Å². The monoisotopic (exact) mass is 492 g/mol. The number of amides is 3. The molecule has 3 atom stereocenters. The number of hydrogen-bond donors (Lipinski definition) is 2. The van der Waals surface area contributed by atoms with Crippen LogP contribution < -0.4 is 5.73 Å². The molecular formula is C23H20N6O5S. The number of aliphatic carboxylic acids is 1. The number of nitrogens with zero attached hydrogens (tertiary/aromatic N) is 5. The fourth-order valence-corrected chi connectivity index (χ4v) is 5.37. The van der Waals surface area contributed by atoms with Gasteiger partial charge in [-0.25, -0.2) is 4.79 Å². The highest BCUT2D eigenvalue weighted by Gasteiger charge is 2.58. The zero-order chi connectivity index (χ0) is 25.3. The van der Waals surface area contributed by atoms with E-state index in [4.69, 9.17) is 11.3 Å². The molecule has 35 heavy (non-hydrogen) atoms. The number of carbonyl (C=O) groups is 4. The Morgan fingerprint density at radius 2 is 1.86 bits per heavy atom. The molecule has 11 nitrogen and oxygen atoms in total. The summed E-state index contributed by atoms with van der Waals surface area (Å²) < 4.78 is 0. The fourth-order valence-electron chi connectivity index (χ4n) is 4.04. The van der Waals surface area contributed by atoms with Crippen molar-refractivity contribution in [1.82, 2.24) is 9.80 Å². The third-order valence-electron chi connectivity index (χ3n) is 5.77. The van der Waals surface area contributed by atoms with E-state index in [1.807, 2.05) is 0 Å². The Hall–Kier alpha value is -4.12. The smallest absolute Gasteiger partial charge is 0.352 e. The third kappa shape index (κ3) is 4.26. The minimum Gasteiger partial charge on any atom is -0.477 e. The molecule has 0 spiro atoms. The molecule has 0 aliphatic carbocycles. The predicted octanol–water partition coefficient (Wildman–Crippen LogP) is 2.94. The number of imide groups is 1. The van der Waals surface area contributed by atoms with Gasteiger partial charge < -0.3 is 10.8 Å². The molecule has 1 fully saturated rings. The Bertz CT molecular complexity index is 1290. The quantitative estimate of drug-likeness (QED) is 0.270. The van der Waals surface area contributed by atoms with E-state index in [9.17, 15) is 24.3 Å². The van der Waals surface area contributed by atoms with E-state index in [0.717, 1.165) is 9.80 Å². The SMILES string of the molecule is CC1=C(C(=O)O)N2C(=O)[C@@H](N(C(=O)c3ccc(N=[N+]=[N-])cc3)C(=O)[C@H](N)c3ccccc3)[C@H]2SC1. The lowest BCUT2D eigenvalue weighted by Gasteiger charge is -2.52. The molecule has 1 saturated heterocycles. The fraction of sp³-hybridized carbons (Fsp3) is 0.217. The Morgan fingerprint density at radius 3 is 2.46 bits per heavy atom. The van der Waals surface area contributed by atoms with Gasteiger partial charge in [0, 0.05) is 21.9 Å². The lowest BCUT2D eigenvalue weighted by molar-refractivity contribution is -0.157. The zero-order valence-corrected chi connectivity index (χ0v) is 19.3. The summed E-state index contributed by atoms with van der Waals surface area (Å²) in [6.45, 7) is 1.62. The van der Waals surface area contributed by atoms with Crippen LogP contribution >= 0.6 is 11.8 Å². The molecule has 3 N–H and O–H groups in total. The van der Waals surface area contributed by atoms with Crippen LogP contribution in [0, 0.1) is 0 Å². The molecule has 2 aromatic rings. The van der Waals surface area contributed by atoms with Gasteiger partial charge in [-0.1, -0.05) is 47.6 Å². The lowest BCUT2D eigenvalue weighted by atomic mass is 9.98. The maximum absolute atomic E-state index is 13.6. The molecule has 0 bridgehead atoms. The van der Waals surface area contributed by atoms with Gasteiger partial charge in [0.05, 0.1) is 0 Å². The van der Waals surface area contributed by atoms with Crippen LogP contribution in [-0.4, -0.2) is 55.8 Å². The van der Waals surface area contributed by atoms with Gasteiger partial charge in [-0.3, -0.25) is 24.2 Å². The molecule has 0 saturated carbocycles. The van der Waals surface area contributed by atoms with Crippen molar-refractivity contribution in [2.45, 2.75) is 24.4 Å². The van der Waals surface area contributed by atoms with Crippen molar-refractivity contribution in [3.8, 4) is 0 Å². The number of hydrogen-bond acceptors (Lipinski definition) is 7. The van der Waals surface area contributed by atoms with Crippen molar-refractivity contribution in [1.29, 1.82) is 0 Å². The molecule has 2 aliphatic rings. The lowest BCUT2D eigenvalue weighted by Crippen LogP contribution is -2.72. The first-order valence-corrected chi connectivity index (χ1v) is 11.5. The summed E-state index contributed by atoms with van der Waals surface area (Å²) in [6.07, 6.45) is 0. The number of nitrogens with two attached hydrogens (primary N) is 1. The van der Waals surface area contributed by atoms with E-state index in [1.54, 1.807) is 37.3 Å². The summed E-state index contributed by atoms with van der Waals surface area (Å²) in [6, 6.07) is 11.5. The molecule has 2 aliphatic heterocycles. The van der Waals surface area contributed by atoms with Crippen LogP contribution in [0.15, 0.2) is 71.0 Å². The summed E-state index contributed by atoms with van der Waals surface area (Å²) >= 11 is 1.27. The summed E-state index contributed by atoms with van der Waals surface area (Å²) in [5.41, 5.74) is 16.0. The normalized spacial score (nSPS) is 19.7. The molecular weight excluding hydrogens is 472 g/mol. The van der Waals surface area contributed by atoms with Gasteiger partial charge in [-0.2, -0.15) is 0 Å². The highest BCUT2D eigenvalue weighted by molar-refractivity contribution is 8.00. The van der Waals surface area contributed by atoms with Gasteiger partial charge in [0.25, 0.3) is 17.7 Å². The van der Waals surface area contributed by atoms with Crippen molar-refractivity contribution < 1.29 is 24.3 Å². The van der Waals surface area contributed by atoms with Crippen LogP contribution in [0.3, 0.4) is 0 Å². The Kier molecular flexibility index (Phi) is 6.61. The number of fused-ring (bicyclic) bond motifs is 1. The maximum Gasteiger partial charge on any atom is 0.352 e. The van der Waals surface area contributed by atoms with Crippen molar-refractivity contribution in [3.05, 3.63) is 87.4 Å². The molecule has 0 radical (unpaired) electrons. The summed E-state index contributed by atoms with van der Waals surface area (Å²) in [5, 5.41) is 12.3. The van der Waals surface area contributed by atoms with E-state index >= 15 is 0 Å². The minimum atomic E-state index is -1.25.